The molecule has 0 spiro atoms. The fourth-order valence-corrected chi connectivity index (χ4v) is 2.35. The second-order valence-corrected chi connectivity index (χ2v) is 6.08. The minimum Gasteiger partial charge on any atom is -0.298 e. The fraction of sp³-hybridized carbons (Fsp3) is 0.929. The molecule has 1 heterocycles. The van der Waals surface area contributed by atoms with Crippen molar-refractivity contribution in [2.75, 3.05) is 13.1 Å². The van der Waals surface area contributed by atoms with Crippen LogP contribution in [0.1, 0.15) is 59.8 Å². The van der Waals surface area contributed by atoms with Gasteiger partial charge in [0, 0.05) is 11.5 Å². The molecule has 16 heavy (non-hydrogen) atoms. The van der Waals surface area contributed by atoms with Gasteiger partial charge in [-0.1, -0.05) is 40.5 Å². The summed E-state index contributed by atoms with van der Waals surface area (Å²) in [5.74, 6) is 0.385. The lowest BCUT2D eigenvalue weighted by Gasteiger charge is -2.36. The van der Waals surface area contributed by atoms with Gasteiger partial charge in [0.2, 0.25) is 0 Å². The van der Waals surface area contributed by atoms with Crippen molar-refractivity contribution in [3.8, 4) is 0 Å². The van der Waals surface area contributed by atoms with E-state index in [1.54, 1.807) is 0 Å². The molecule has 1 aliphatic rings. The molecule has 2 heteroatoms. The molecule has 1 unspecified atom stereocenters. The van der Waals surface area contributed by atoms with Gasteiger partial charge in [0.05, 0.1) is 6.54 Å². The zero-order chi connectivity index (χ0) is 12.2. The van der Waals surface area contributed by atoms with Crippen LogP contribution in [0.2, 0.25) is 0 Å². The second-order valence-electron chi connectivity index (χ2n) is 6.08. The normalized spacial score (nSPS) is 23.4. The van der Waals surface area contributed by atoms with Crippen molar-refractivity contribution < 1.29 is 4.79 Å². The van der Waals surface area contributed by atoms with Gasteiger partial charge in [-0.25, -0.2) is 0 Å². The number of rotatable bonds is 4. The quantitative estimate of drug-likeness (QED) is 0.732. The Balaban J connectivity index is 2.52. The monoisotopic (exact) mass is 225 g/mol. The molecule has 1 atom stereocenters. The summed E-state index contributed by atoms with van der Waals surface area (Å²) in [5, 5.41) is 0. The molecule has 1 aliphatic heterocycles. The van der Waals surface area contributed by atoms with Gasteiger partial charge in [-0.05, 0) is 25.8 Å². The van der Waals surface area contributed by atoms with Crippen LogP contribution >= 0.6 is 0 Å². The van der Waals surface area contributed by atoms with Gasteiger partial charge in [0.1, 0.15) is 0 Å². The number of Topliss-reactive ketones (excluding diaryl/α,β-unsaturated/α-hetero) is 1. The van der Waals surface area contributed by atoms with Gasteiger partial charge >= 0.3 is 0 Å². The summed E-state index contributed by atoms with van der Waals surface area (Å²) in [4.78, 5) is 14.5. The Labute approximate surface area is 100 Å². The molecule has 0 saturated carbocycles. The fourth-order valence-electron chi connectivity index (χ4n) is 2.35. The van der Waals surface area contributed by atoms with Gasteiger partial charge in [-0.15, -0.1) is 0 Å². The van der Waals surface area contributed by atoms with Gasteiger partial charge in [-0.2, -0.15) is 0 Å². The molecular formula is C14H27NO. The van der Waals surface area contributed by atoms with Crippen LogP contribution in [0.15, 0.2) is 0 Å². The zero-order valence-corrected chi connectivity index (χ0v) is 11.4. The average molecular weight is 225 g/mol. The summed E-state index contributed by atoms with van der Waals surface area (Å²) in [7, 11) is 0. The molecule has 0 bridgehead atoms. The smallest absolute Gasteiger partial charge is 0.152 e. The lowest BCUT2D eigenvalue weighted by Crippen LogP contribution is -2.44. The van der Waals surface area contributed by atoms with Gasteiger partial charge in [0.15, 0.2) is 5.78 Å². The van der Waals surface area contributed by atoms with Crippen LogP contribution in [0, 0.1) is 5.41 Å². The number of hydrogen-bond donors (Lipinski definition) is 0. The molecule has 1 rings (SSSR count). The van der Waals surface area contributed by atoms with Crippen molar-refractivity contribution in [2.24, 2.45) is 5.41 Å². The number of carbonyl (C=O) groups excluding carboxylic acids is 1. The maximum atomic E-state index is 12.0. The molecule has 0 aromatic carbocycles. The van der Waals surface area contributed by atoms with Gasteiger partial charge < -0.3 is 0 Å². The Hall–Kier alpha value is -0.370. The summed E-state index contributed by atoms with van der Waals surface area (Å²) in [6.45, 7) is 10.1. The first kappa shape index (κ1) is 13.7. The van der Waals surface area contributed by atoms with E-state index in [1.165, 1.54) is 32.1 Å². The lowest BCUT2D eigenvalue weighted by molar-refractivity contribution is -0.128. The topological polar surface area (TPSA) is 20.3 Å². The van der Waals surface area contributed by atoms with Crippen molar-refractivity contribution in [1.82, 2.24) is 4.90 Å². The number of ketones is 1. The van der Waals surface area contributed by atoms with Crippen LogP contribution in [0.4, 0.5) is 0 Å². The Morgan fingerprint density at radius 2 is 2.00 bits per heavy atom. The molecule has 0 aromatic rings. The average Bonchev–Trinajstić information content (AvgIpc) is 2.20. The number of nitrogens with zero attached hydrogens (tertiary/aromatic N) is 1. The first-order valence-electron chi connectivity index (χ1n) is 6.72. The van der Waals surface area contributed by atoms with Crippen molar-refractivity contribution in [1.29, 1.82) is 0 Å². The predicted octanol–water partition coefficient (Wildman–Crippen LogP) is 3.26. The molecule has 0 aromatic heterocycles. The highest BCUT2D eigenvalue weighted by atomic mass is 16.1. The van der Waals surface area contributed by atoms with Crippen LogP contribution in [-0.2, 0) is 4.79 Å². The SMILES string of the molecule is CCCC1CCCCN1CC(=O)C(C)(C)C. The van der Waals surface area contributed by atoms with Crippen molar-refractivity contribution in [3.05, 3.63) is 0 Å². The predicted molar refractivity (Wildman–Crippen MR) is 68.6 cm³/mol. The van der Waals surface area contributed by atoms with E-state index in [9.17, 15) is 4.79 Å². The van der Waals surface area contributed by atoms with Crippen LogP contribution in [-0.4, -0.2) is 29.8 Å². The van der Waals surface area contributed by atoms with E-state index in [-0.39, 0.29) is 5.41 Å². The molecule has 94 valence electrons. The van der Waals surface area contributed by atoms with E-state index in [4.69, 9.17) is 0 Å². The van der Waals surface area contributed by atoms with Crippen LogP contribution in [0.3, 0.4) is 0 Å². The highest BCUT2D eigenvalue weighted by Gasteiger charge is 2.28. The summed E-state index contributed by atoms with van der Waals surface area (Å²) in [6.07, 6.45) is 6.36. The summed E-state index contributed by atoms with van der Waals surface area (Å²) in [5.41, 5.74) is -0.186. The van der Waals surface area contributed by atoms with E-state index < -0.39 is 0 Å². The molecule has 1 saturated heterocycles. The summed E-state index contributed by atoms with van der Waals surface area (Å²) in [6, 6.07) is 0.657. The third-order valence-electron chi connectivity index (χ3n) is 3.55. The molecule has 0 amide bonds. The molecule has 2 nitrogen and oxygen atoms in total. The van der Waals surface area contributed by atoms with Crippen molar-refractivity contribution >= 4 is 5.78 Å². The van der Waals surface area contributed by atoms with E-state index >= 15 is 0 Å². The largest absolute Gasteiger partial charge is 0.298 e. The second kappa shape index (κ2) is 5.81. The van der Waals surface area contributed by atoms with Gasteiger partial charge in [-0.3, -0.25) is 9.69 Å². The Morgan fingerprint density at radius 1 is 1.31 bits per heavy atom. The maximum absolute atomic E-state index is 12.0. The third kappa shape index (κ3) is 3.89. The molecule has 0 aliphatic carbocycles. The minimum atomic E-state index is -0.186. The van der Waals surface area contributed by atoms with Crippen LogP contribution in [0.5, 0.6) is 0 Å². The molecule has 1 fully saturated rings. The van der Waals surface area contributed by atoms with E-state index in [0.717, 1.165) is 6.54 Å². The Morgan fingerprint density at radius 3 is 2.56 bits per heavy atom. The number of carbonyl (C=O) groups is 1. The summed E-state index contributed by atoms with van der Waals surface area (Å²) < 4.78 is 0. The summed E-state index contributed by atoms with van der Waals surface area (Å²) >= 11 is 0. The molecular weight excluding hydrogens is 198 g/mol. The first-order chi connectivity index (χ1) is 7.45. The maximum Gasteiger partial charge on any atom is 0.152 e. The van der Waals surface area contributed by atoms with E-state index in [1.807, 2.05) is 20.8 Å². The zero-order valence-electron chi connectivity index (χ0n) is 11.4. The Kier molecular flexibility index (Phi) is 4.97. The molecule has 0 radical (unpaired) electrons. The van der Waals surface area contributed by atoms with Gasteiger partial charge in [0.25, 0.3) is 0 Å². The first-order valence-corrected chi connectivity index (χ1v) is 6.72. The number of hydrogen-bond acceptors (Lipinski definition) is 2. The van der Waals surface area contributed by atoms with Crippen LogP contribution < -0.4 is 0 Å². The number of likely N-dealkylation sites (tertiary alicyclic amines) is 1. The standard InChI is InChI=1S/C14H27NO/c1-5-8-12-9-6-7-10-15(12)11-13(16)14(2,3)4/h12H,5-11H2,1-4H3. The minimum absolute atomic E-state index is 0.186. The van der Waals surface area contributed by atoms with E-state index in [0.29, 0.717) is 18.4 Å². The van der Waals surface area contributed by atoms with Crippen molar-refractivity contribution in [3.63, 3.8) is 0 Å². The van der Waals surface area contributed by atoms with Crippen molar-refractivity contribution in [2.45, 2.75) is 65.8 Å². The lowest BCUT2D eigenvalue weighted by atomic mass is 9.89. The molecule has 0 N–H and O–H groups in total. The highest BCUT2D eigenvalue weighted by molar-refractivity contribution is 5.85. The third-order valence-corrected chi connectivity index (χ3v) is 3.55. The van der Waals surface area contributed by atoms with Crippen LogP contribution in [0.25, 0.3) is 0 Å². The van der Waals surface area contributed by atoms with E-state index in [2.05, 4.69) is 11.8 Å². The number of piperidine rings is 1. The Bertz CT molecular complexity index is 227. The highest BCUT2D eigenvalue weighted by Crippen LogP contribution is 2.23.